The number of hydrogen-bond donors (Lipinski definition) is 1. The van der Waals surface area contributed by atoms with Gasteiger partial charge in [-0.05, 0) is 55.8 Å². The SMILES string of the molecule is CN1C2CCC1CC(n1cc(NC(=O)c3ccc(C(C)(C)C)cc3)cn1)C2. The Hall–Kier alpha value is -2.14. The molecule has 4 rings (SSSR count). The number of amides is 1. The normalized spacial score (nSPS) is 25.6. The van der Waals surface area contributed by atoms with E-state index in [1.165, 1.54) is 18.4 Å². The van der Waals surface area contributed by atoms with Crippen LogP contribution in [0.1, 0.15) is 68.4 Å². The van der Waals surface area contributed by atoms with Gasteiger partial charge in [-0.1, -0.05) is 32.9 Å². The smallest absolute Gasteiger partial charge is 0.255 e. The van der Waals surface area contributed by atoms with Crippen LogP contribution < -0.4 is 5.32 Å². The Bertz CT molecular complexity index is 804. The third kappa shape index (κ3) is 3.65. The lowest BCUT2D eigenvalue weighted by Gasteiger charge is -2.36. The average Bonchev–Trinajstić information content (AvgIpc) is 3.15. The topological polar surface area (TPSA) is 50.2 Å². The Balaban J connectivity index is 1.41. The third-order valence-electron chi connectivity index (χ3n) is 6.32. The molecule has 144 valence electrons. The van der Waals surface area contributed by atoms with Crippen LogP contribution in [0.2, 0.25) is 0 Å². The molecule has 3 heterocycles. The summed E-state index contributed by atoms with van der Waals surface area (Å²) >= 11 is 0. The molecule has 2 atom stereocenters. The highest BCUT2D eigenvalue weighted by molar-refractivity contribution is 6.04. The lowest BCUT2D eigenvalue weighted by Crippen LogP contribution is -2.40. The molecule has 1 aromatic carbocycles. The van der Waals surface area contributed by atoms with Gasteiger partial charge in [0.15, 0.2) is 0 Å². The number of nitrogens with zero attached hydrogens (tertiary/aromatic N) is 3. The summed E-state index contributed by atoms with van der Waals surface area (Å²) in [5.41, 5.74) is 2.76. The van der Waals surface area contributed by atoms with Crippen molar-refractivity contribution in [1.29, 1.82) is 0 Å². The van der Waals surface area contributed by atoms with Crippen molar-refractivity contribution in [2.24, 2.45) is 0 Å². The zero-order valence-electron chi connectivity index (χ0n) is 16.8. The fourth-order valence-corrected chi connectivity index (χ4v) is 4.53. The predicted molar refractivity (Wildman–Crippen MR) is 108 cm³/mol. The molecule has 0 saturated carbocycles. The van der Waals surface area contributed by atoms with E-state index in [0.717, 1.165) is 18.5 Å². The van der Waals surface area contributed by atoms with Crippen LogP contribution in [0.4, 0.5) is 5.69 Å². The monoisotopic (exact) mass is 366 g/mol. The van der Waals surface area contributed by atoms with Crippen LogP contribution >= 0.6 is 0 Å². The molecule has 2 aliphatic rings. The molecule has 1 N–H and O–H groups in total. The van der Waals surface area contributed by atoms with Gasteiger partial charge in [-0.25, -0.2) is 0 Å². The van der Waals surface area contributed by atoms with Gasteiger partial charge in [0.1, 0.15) is 0 Å². The van der Waals surface area contributed by atoms with Gasteiger partial charge in [-0.2, -0.15) is 5.10 Å². The van der Waals surface area contributed by atoms with Gasteiger partial charge in [0.05, 0.1) is 17.9 Å². The summed E-state index contributed by atoms with van der Waals surface area (Å²) in [6.45, 7) is 6.52. The van der Waals surface area contributed by atoms with Gasteiger partial charge < -0.3 is 10.2 Å². The molecule has 2 unspecified atom stereocenters. The maximum absolute atomic E-state index is 12.6. The van der Waals surface area contributed by atoms with Crippen molar-refractivity contribution in [2.45, 2.75) is 70.0 Å². The van der Waals surface area contributed by atoms with E-state index in [2.05, 4.69) is 47.8 Å². The van der Waals surface area contributed by atoms with Crippen LogP contribution in [0.25, 0.3) is 0 Å². The summed E-state index contributed by atoms with van der Waals surface area (Å²) in [6, 6.07) is 9.66. The standard InChI is InChI=1S/C22H30N4O/c1-22(2,3)16-7-5-15(6-8-16)21(27)24-17-13-23-26(14-17)20-11-18-9-10-19(12-20)25(18)4/h5-8,13-14,18-20H,9-12H2,1-4H3,(H,24,27). The maximum atomic E-state index is 12.6. The van der Waals surface area contributed by atoms with Gasteiger partial charge in [0.25, 0.3) is 5.91 Å². The Morgan fingerprint density at radius 3 is 2.30 bits per heavy atom. The van der Waals surface area contributed by atoms with E-state index >= 15 is 0 Å². The fraction of sp³-hybridized carbons (Fsp3) is 0.545. The van der Waals surface area contributed by atoms with Crippen LogP contribution in [0.5, 0.6) is 0 Å². The summed E-state index contributed by atoms with van der Waals surface area (Å²) in [5.74, 6) is -0.0848. The molecule has 5 heteroatoms. The van der Waals surface area contributed by atoms with Crippen molar-refractivity contribution in [2.75, 3.05) is 12.4 Å². The van der Waals surface area contributed by atoms with Crippen molar-refractivity contribution in [3.63, 3.8) is 0 Å². The van der Waals surface area contributed by atoms with Crippen LogP contribution in [-0.2, 0) is 5.41 Å². The minimum Gasteiger partial charge on any atom is -0.319 e. The van der Waals surface area contributed by atoms with Gasteiger partial charge in [0.2, 0.25) is 0 Å². The minimum atomic E-state index is -0.0848. The number of piperidine rings is 1. The minimum absolute atomic E-state index is 0.0848. The van der Waals surface area contributed by atoms with E-state index in [-0.39, 0.29) is 11.3 Å². The second-order valence-corrected chi connectivity index (χ2v) is 9.17. The van der Waals surface area contributed by atoms with E-state index in [1.807, 2.05) is 30.5 Å². The van der Waals surface area contributed by atoms with Gasteiger partial charge in [-0.3, -0.25) is 9.48 Å². The molecule has 5 nitrogen and oxygen atoms in total. The van der Waals surface area contributed by atoms with E-state index in [0.29, 0.717) is 23.7 Å². The highest BCUT2D eigenvalue weighted by Gasteiger charge is 2.39. The second-order valence-electron chi connectivity index (χ2n) is 9.17. The first-order valence-corrected chi connectivity index (χ1v) is 9.99. The second kappa shape index (κ2) is 6.79. The third-order valence-corrected chi connectivity index (χ3v) is 6.32. The number of benzene rings is 1. The van der Waals surface area contributed by atoms with Crippen LogP contribution in [-0.4, -0.2) is 39.7 Å². The van der Waals surface area contributed by atoms with E-state index in [9.17, 15) is 4.79 Å². The molecular weight excluding hydrogens is 336 g/mol. The zero-order chi connectivity index (χ0) is 19.2. The number of anilines is 1. The van der Waals surface area contributed by atoms with Crippen LogP contribution in [0, 0.1) is 0 Å². The largest absolute Gasteiger partial charge is 0.319 e. The van der Waals surface area contributed by atoms with E-state index < -0.39 is 0 Å². The summed E-state index contributed by atoms with van der Waals surface area (Å²) < 4.78 is 2.05. The number of aromatic nitrogens is 2. The van der Waals surface area contributed by atoms with E-state index in [4.69, 9.17) is 0 Å². The fourth-order valence-electron chi connectivity index (χ4n) is 4.53. The van der Waals surface area contributed by atoms with Crippen molar-refractivity contribution in [3.05, 3.63) is 47.8 Å². The molecule has 1 amide bonds. The van der Waals surface area contributed by atoms with E-state index in [1.54, 1.807) is 6.20 Å². The number of carbonyl (C=O) groups is 1. The molecule has 2 bridgehead atoms. The first-order valence-electron chi connectivity index (χ1n) is 9.99. The lowest BCUT2D eigenvalue weighted by molar-refractivity contribution is 0.102. The number of rotatable bonds is 3. The van der Waals surface area contributed by atoms with Crippen molar-refractivity contribution in [3.8, 4) is 0 Å². The Kier molecular flexibility index (Phi) is 4.58. The number of nitrogens with one attached hydrogen (secondary N) is 1. The molecule has 2 aliphatic heterocycles. The van der Waals surface area contributed by atoms with Gasteiger partial charge in [-0.15, -0.1) is 0 Å². The molecule has 2 aromatic rings. The quantitative estimate of drug-likeness (QED) is 0.884. The first-order chi connectivity index (χ1) is 12.8. The van der Waals surface area contributed by atoms with Crippen LogP contribution in [0.3, 0.4) is 0 Å². The lowest BCUT2D eigenvalue weighted by atomic mass is 9.87. The molecule has 2 saturated heterocycles. The highest BCUT2D eigenvalue weighted by Crippen LogP contribution is 2.39. The Morgan fingerprint density at radius 1 is 1.07 bits per heavy atom. The number of hydrogen-bond acceptors (Lipinski definition) is 3. The van der Waals surface area contributed by atoms with Gasteiger partial charge >= 0.3 is 0 Å². The summed E-state index contributed by atoms with van der Waals surface area (Å²) in [7, 11) is 2.25. The van der Waals surface area contributed by atoms with Crippen molar-refractivity contribution < 1.29 is 4.79 Å². The predicted octanol–water partition coefficient (Wildman–Crippen LogP) is 4.23. The first kappa shape index (κ1) is 18.2. The molecular formula is C22H30N4O. The summed E-state index contributed by atoms with van der Waals surface area (Å²) in [5, 5.41) is 7.53. The molecule has 0 radical (unpaired) electrons. The van der Waals surface area contributed by atoms with Gasteiger partial charge in [0, 0.05) is 23.8 Å². The van der Waals surface area contributed by atoms with Crippen LogP contribution in [0.15, 0.2) is 36.7 Å². The number of fused-ring (bicyclic) bond motifs is 2. The molecule has 0 spiro atoms. The zero-order valence-corrected chi connectivity index (χ0v) is 16.8. The molecule has 27 heavy (non-hydrogen) atoms. The maximum Gasteiger partial charge on any atom is 0.255 e. The summed E-state index contributed by atoms with van der Waals surface area (Å²) in [6.07, 6.45) is 8.64. The highest BCUT2D eigenvalue weighted by atomic mass is 16.1. The molecule has 0 aliphatic carbocycles. The molecule has 1 aromatic heterocycles. The van der Waals surface area contributed by atoms with Crippen molar-refractivity contribution in [1.82, 2.24) is 14.7 Å². The van der Waals surface area contributed by atoms with Crippen molar-refractivity contribution >= 4 is 11.6 Å². The average molecular weight is 367 g/mol. The Labute approximate surface area is 161 Å². The Morgan fingerprint density at radius 2 is 1.70 bits per heavy atom. The molecule has 2 fully saturated rings. The summed E-state index contributed by atoms with van der Waals surface area (Å²) in [4.78, 5) is 15.1. The number of carbonyl (C=O) groups excluding carboxylic acids is 1.